The Balaban J connectivity index is 1.73. The van der Waals surface area contributed by atoms with Crippen molar-refractivity contribution >= 4 is 33.1 Å². The van der Waals surface area contributed by atoms with E-state index in [2.05, 4.69) is 24.0 Å². The summed E-state index contributed by atoms with van der Waals surface area (Å²) in [6.45, 7) is 3.60. The van der Waals surface area contributed by atoms with Crippen LogP contribution < -0.4 is 0 Å². The molecule has 0 N–H and O–H groups in total. The van der Waals surface area contributed by atoms with Crippen molar-refractivity contribution in [1.29, 1.82) is 0 Å². The molecule has 0 radical (unpaired) electrons. The van der Waals surface area contributed by atoms with Crippen LogP contribution in [0.3, 0.4) is 0 Å². The van der Waals surface area contributed by atoms with Crippen molar-refractivity contribution in [2.45, 2.75) is 33.1 Å². The molecule has 3 rings (SSSR count). The first kappa shape index (κ1) is 16.5. The molecular formula is C20H19NO2S. The summed E-state index contributed by atoms with van der Waals surface area (Å²) in [7, 11) is 0. The molecule has 3 aromatic rings. The number of nitrogens with zero attached hydrogens (tertiary/aromatic N) is 1. The topological polar surface area (TPSA) is 47.0 Å². The van der Waals surface area contributed by atoms with Gasteiger partial charge in [-0.15, -0.1) is 11.3 Å². The number of rotatable bonds is 6. The van der Waals surface area contributed by atoms with Gasteiger partial charge in [0.25, 0.3) is 0 Å². The van der Waals surface area contributed by atoms with Crippen molar-refractivity contribution in [1.82, 2.24) is 4.98 Å². The average Bonchev–Trinajstić information content (AvgIpc) is 2.96. The lowest BCUT2D eigenvalue weighted by atomic mass is 10.0. The predicted molar refractivity (Wildman–Crippen MR) is 98.4 cm³/mol. The third-order valence-corrected chi connectivity index (χ3v) is 4.97. The van der Waals surface area contributed by atoms with Crippen LogP contribution in [0.5, 0.6) is 0 Å². The van der Waals surface area contributed by atoms with Gasteiger partial charge in [0.2, 0.25) is 0 Å². The van der Waals surface area contributed by atoms with Crippen LogP contribution in [0.25, 0.3) is 20.8 Å². The fourth-order valence-corrected chi connectivity index (χ4v) is 3.62. The molecule has 0 fully saturated rings. The Bertz CT molecular complexity index is 894. The first-order chi connectivity index (χ1) is 11.5. The molecule has 4 heteroatoms. The van der Waals surface area contributed by atoms with Crippen LogP contribution in [0.4, 0.5) is 0 Å². The van der Waals surface area contributed by atoms with Crippen molar-refractivity contribution in [2.75, 3.05) is 0 Å². The quantitative estimate of drug-likeness (QED) is 0.652. The minimum atomic E-state index is 0.0600. The number of thiazole rings is 1. The Hall–Kier alpha value is -2.33. The highest BCUT2D eigenvalue weighted by atomic mass is 32.1. The summed E-state index contributed by atoms with van der Waals surface area (Å²) in [5.74, 6) is 0.165. The number of hydrogen-bond acceptors (Lipinski definition) is 4. The maximum atomic E-state index is 11.9. The lowest BCUT2D eigenvalue weighted by Gasteiger charge is -2.02. The van der Waals surface area contributed by atoms with Gasteiger partial charge in [-0.2, -0.15) is 0 Å². The van der Waals surface area contributed by atoms with Crippen molar-refractivity contribution in [3.05, 3.63) is 53.6 Å². The highest BCUT2D eigenvalue weighted by molar-refractivity contribution is 7.21. The van der Waals surface area contributed by atoms with Gasteiger partial charge in [-0.1, -0.05) is 30.3 Å². The van der Waals surface area contributed by atoms with E-state index in [9.17, 15) is 9.59 Å². The van der Waals surface area contributed by atoms with Crippen LogP contribution in [0, 0.1) is 6.92 Å². The van der Waals surface area contributed by atoms with Crippen LogP contribution >= 0.6 is 11.3 Å². The Labute approximate surface area is 145 Å². The molecule has 0 bridgehead atoms. The molecule has 0 unspecified atom stereocenters. The van der Waals surface area contributed by atoms with Gasteiger partial charge in [0.1, 0.15) is 16.6 Å². The molecule has 0 aliphatic carbocycles. The number of ketones is 2. The van der Waals surface area contributed by atoms with Crippen molar-refractivity contribution in [3.8, 4) is 10.6 Å². The second-order valence-electron chi connectivity index (χ2n) is 6.10. The maximum Gasteiger partial charge on any atom is 0.137 e. The Morgan fingerprint density at radius 1 is 1.04 bits per heavy atom. The van der Waals surface area contributed by atoms with Gasteiger partial charge in [-0.3, -0.25) is 4.79 Å². The molecule has 0 aliphatic rings. The maximum absolute atomic E-state index is 11.9. The highest BCUT2D eigenvalue weighted by Gasteiger charge is 2.08. The van der Waals surface area contributed by atoms with Crippen LogP contribution in [0.1, 0.15) is 30.9 Å². The van der Waals surface area contributed by atoms with Crippen molar-refractivity contribution in [3.63, 3.8) is 0 Å². The number of aryl methyl sites for hydroxylation is 1. The van der Waals surface area contributed by atoms with Gasteiger partial charge in [0.05, 0.1) is 10.2 Å². The summed E-state index contributed by atoms with van der Waals surface area (Å²) in [5, 5.41) is 0.991. The van der Waals surface area contributed by atoms with Gasteiger partial charge >= 0.3 is 0 Å². The lowest BCUT2D eigenvalue weighted by Crippen LogP contribution is -2.04. The molecule has 1 heterocycles. The van der Waals surface area contributed by atoms with Crippen LogP contribution in [0.2, 0.25) is 0 Å². The van der Waals surface area contributed by atoms with Gasteiger partial charge in [-0.25, -0.2) is 4.98 Å². The second-order valence-corrected chi connectivity index (χ2v) is 7.14. The summed E-state index contributed by atoms with van der Waals surface area (Å²) < 4.78 is 1.19. The van der Waals surface area contributed by atoms with Crippen LogP contribution in [0.15, 0.2) is 42.5 Å². The van der Waals surface area contributed by atoms with Gasteiger partial charge < -0.3 is 4.79 Å². The third kappa shape index (κ3) is 3.95. The molecular weight excluding hydrogens is 318 g/mol. The number of carbonyl (C=O) groups excluding carboxylic acids is 2. The van der Waals surface area contributed by atoms with Gasteiger partial charge in [-0.05, 0) is 37.1 Å². The summed E-state index contributed by atoms with van der Waals surface area (Å²) in [6.07, 6.45) is 1.04. The standard InChI is InChI=1S/C20H19NO2S/c1-13-3-10-18-19(11-13)24-20(21-18)16-7-5-15(6-8-16)12-17(23)9-4-14(2)22/h3,5-8,10-11H,4,9,12H2,1-2H3. The Morgan fingerprint density at radius 2 is 1.79 bits per heavy atom. The minimum absolute atomic E-state index is 0.0600. The minimum Gasteiger partial charge on any atom is -0.300 e. The van der Waals surface area contributed by atoms with E-state index in [1.807, 2.05) is 30.3 Å². The van der Waals surface area contributed by atoms with Crippen molar-refractivity contribution in [2.24, 2.45) is 0 Å². The van der Waals surface area contributed by atoms with Gasteiger partial charge in [0.15, 0.2) is 0 Å². The highest BCUT2D eigenvalue weighted by Crippen LogP contribution is 2.30. The molecule has 0 aliphatic heterocycles. The molecule has 2 aromatic carbocycles. The number of aromatic nitrogens is 1. The zero-order valence-corrected chi connectivity index (χ0v) is 14.7. The third-order valence-electron chi connectivity index (χ3n) is 3.90. The number of Topliss-reactive ketones (excluding diaryl/α,β-unsaturated/α-hetero) is 2. The van der Waals surface area contributed by atoms with E-state index in [1.54, 1.807) is 11.3 Å². The van der Waals surface area contributed by atoms with Gasteiger partial charge in [0, 0.05) is 24.8 Å². The summed E-state index contributed by atoms with van der Waals surface area (Å²) in [4.78, 5) is 27.5. The van der Waals surface area contributed by atoms with E-state index in [-0.39, 0.29) is 11.6 Å². The second kappa shape index (κ2) is 7.05. The normalized spacial score (nSPS) is 10.9. The monoisotopic (exact) mass is 337 g/mol. The molecule has 0 spiro atoms. The number of benzene rings is 2. The number of fused-ring (bicyclic) bond motifs is 1. The molecule has 122 valence electrons. The van der Waals surface area contributed by atoms with E-state index < -0.39 is 0 Å². The lowest BCUT2D eigenvalue weighted by molar-refractivity contribution is -0.122. The number of hydrogen-bond donors (Lipinski definition) is 0. The Morgan fingerprint density at radius 3 is 2.50 bits per heavy atom. The fraction of sp³-hybridized carbons (Fsp3) is 0.250. The van der Waals surface area contributed by atoms with E-state index in [4.69, 9.17) is 0 Å². The first-order valence-corrected chi connectivity index (χ1v) is 8.80. The molecule has 0 atom stereocenters. The van der Waals surface area contributed by atoms with E-state index in [1.165, 1.54) is 17.2 Å². The van der Waals surface area contributed by atoms with E-state index >= 15 is 0 Å². The SMILES string of the molecule is CC(=O)CCC(=O)Cc1ccc(-c2nc3ccc(C)cc3s2)cc1. The molecule has 3 nitrogen and oxygen atoms in total. The first-order valence-electron chi connectivity index (χ1n) is 7.99. The van der Waals surface area contributed by atoms with Crippen molar-refractivity contribution < 1.29 is 9.59 Å². The number of carbonyl (C=O) groups is 2. The average molecular weight is 337 g/mol. The largest absolute Gasteiger partial charge is 0.300 e. The van der Waals surface area contributed by atoms with Crippen LogP contribution in [-0.4, -0.2) is 16.6 Å². The van der Waals surface area contributed by atoms with Crippen LogP contribution in [-0.2, 0) is 16.0 Å². The summed E-state index contributed by atoms with van der Waals surface area (Å²) in [5.41, 5.74) is 4.29. The molecule has 24 heavy (non-hydrogen) atoms. The predicted octanol–water partition coefficient (Wildman–Crippen LogP) is 4.75. The summed E-state index contributed by atoms with van der Waals surface area (Å²) >= 11 is 1.68. The smallest absolute Gasteiger partial charge is 0.137 e. The van der Waals surface area contributed by atoms with E-state index in [0.717, 1.165) is 21.7 Å². The summed E-state index contributed by atoms with van der Waals surface area (Å²) in [6, 6.07) is 14.2. The van der Waals surface area contributed by atoms with E-state index in [0.29, 0.717) is 19.3 Å². The molecule has 1 aromatic heterocycles. The molecule has 0 saturated heterocycles. The Kier molecular flexibility index (Phi) is 4.86. The zero-order valence-electron chi connectivity index (χ0n) is 13.8. The fourth-order valence-electron chi connectivity index (χ4n) is 2.55. The molecule has 0 amide bonds. The molecule has 0 saturated carbocycles. The zero-order chi connectivity index (χ0) is 17.1.